The molecule has 11 aromatic rings. The third-order valence-electron chi connectivity index (χ3n) is 13.3. The van der Waals surface area contributed by atoms with Gasteiger partial charge in [-0.25, -0.2) is 9.97 Å². The van der Waals surface area contributed by atoms with Crippen LogP contribution in [0.4, 0.5) is 0 Å². The summed E-state index contributed by atoms with van der Waals surface area (Å²) >= 11 is 0. The number of hydrogen-bond donors (Lipinski definition) is 0. The first-order valence-corrected chi connectivity index (χ1v) is 21.1. The number of rotatable bonds is 4. The second kappa shape index (κ2) is 13.0. The van der Waals surface area contributed by atoms with Crippen LogP contribution in [-0.4, -0.2) is 9.97 Å². The molecule has 13 rings (SSSR count). The fourth-order valence-electron chi connectivity index (χ4n) is 10.8. The molecule has 61 heavy (non-hydrogen) atoms. The van der Waals surface area contributed by atoms with Crippen LogP contribution in [0.3, 0.4) is 0 Å². The van der Waals surface area contributed by atoms with Gasteiger partial charge in [0.2, 0.25) is 0 Å². The maximum Gasteiger partial charge on any atom is 0.160 e. The topological polar surface area (TPSA) is 25.8 Å². The van der Waals surface area contributed by atoms with Crippen molar-refractivity contribution in [1.82, 2.24) is 9.97 Å². The highest BCUT2D eigenvalue weighted by Crippen LogP contribution is 2.64. The summed E-state index contributed by atoms with van der Waals surface area (Å²) in [5.74, 6) is 0.704. The molecule has 2 heteroatoms. The molecule has 0 unspecified atom stereocenters. The molecule has 10 aromatic carbocycles. The van der Waals surface area contributed by atoms with Crippen LogP contribution in [0.2, 0.25) is 0 Å². The predicted octanol–water partition coefficient (Wildman–Crippen LogP) is 14.9. The van der Waals surface area contributed by atoms with Crippen LogP contribution >= 0.6 is 0 Å². The zero-order chi connectivity index (χ0) is 40.1. The van der Waals surface area contributed by atoms with Gasteiger partial charge in [0.15, 0.2) is 5.82 Å². The van der Waals surface area contributed by atoms with Gasteiger partial charge in [-0.2, -0.15) is 0 Å². The Bertz CT molecular complexity index is 3540. The van der Waals surface area contributed by atoms with Gasteiger partial charge in [0, 0.05) is 16.7 Å². The van der Waals surface area contributed by atoms with Crippen LogP contribution < -0.4 is 0 Å². The lowest BCUT2D eigenvalue weighted by atomic mass is 9.69. The summed E-state index contributed by atoms with van der Waals surface area (Å²) in [6.45, 7) is 0. The summed E-state index contributed by atoms with van der Waals surface area (Å²) < 4.78 is 0. The van der Waals surface area contributed by atoms with E-state index in [4.69, 9.17) is 9.97 Å². The normalized spacial score (nSPS) is 13.0. The molecule has 0 saturated heterocycles. The fourth-order valence-corrected chi connectivity index (χ4v) is 10.8. The molecule has 0 saturated carbocycles. The Morgan fingerprint density at radius 1 is 0.295 bits per heavy atom. The molecule has 0 N–H and O–H groups in total. The first-order valence-electron chi connectivity index (χ1n) is 21.1. The maximum absolute atomic E-state index is 5.49. The van der Waals surface area contributed by atoms with Gasteiger partial charge < -0.3 is 0 Å². The molecule has 2 aliphatic rings. The molecule has 2 aliphatic carbocycles. The summed E-state index contributed by atoms with van der Waals surface area (Å²) in [5, 5.41) is 7.47. The standard InChI is InChI=1S/C59H36N2/c1-2-17-38(18-3-1)58-60-54(40-20-14-21-41(34-40)56-43-23-7-5-19-39(43)35-50-42-22-6-4-16-37(42)32-33-47(50)56)36-55(61-58)49-28-15-27-48-46-26-10-13-31-53(46)59(57(48)49)51-29-11-8-24-44(51)45-25-9-12-30-52(45)59/h1-36H. The second-order valence-electron chi connectivity index (χ2n) is 16.4. The zero-order valence-corrected chi connectivity index (χ0v) is 33.2. The smallest absolute Gasteiger partial charge is 0.160 e. The van der Waals surface area contributed by atoms with Gasteiger partial charge in [-0.1, -0.05) is 200 Å². The van der Waals surface area contributed by atoms with Crippen molar-refractivity contribution in [2.24, 2.45) is 0 Å². The van der Waals surface area contributed by atoms with E-state index in [1.54, 1.807) is 0 Å². The van der Waals surface area contributed by atoms with E-state index in [2.05, 4.69) is 218 Å². The Hall–Kier alpha value is -7.94. The quantitative estimate of drug-likeness (QED) is 0.132. The summed E-state index contributed by atoms with van der Waals surface area (Å²) in [6, 6.07) is 79.7. The van der Waals surface area contributed by atoms with Crippen molar-refractivity contribution in [3.8, 4) is 67.3 Å². The molecule has 1 spiro atoms. The molecular formula is C59H36N2. The van der Waals surface area contributed by atoms with E-state index in [9.17, 15) is 0 Å². The van der Waals surface area contributed by atoms with Gasteiger partial charge in [0.1, 0.15) is 0 Å². The van der Waals surface area contributed by atoms with Crippen molar-refractivity contribution in [3.63, 3.8) is 0 Å². The van der Waals surface area contributed by atoms with Gasteiger partial charge in [0.05, 0.1) is 16.8 Å². The molecule has 0 fully saturated rings. The first kappa shape index (κ1) is 34.0. The van der Waals surface area contributed by atoms with Crippen LogP contribution in [0.5, 0.6) is 0 Å². The second-order valence-corrected chi connectivity index (χ2v) is 16.4. The van der Waals surface area contributed by atoms with E-state index < -0.39 is 5.41 Å². The molecule has 0 radical (unpaired) electrons. The average molecular weight is 773 g/mol. The van der Waals surface area contributed by atoms with Crippen LogP contribution in [0.25, 0.3) is 99.6 Å². The average Bonchev–Trinajstić information content (AvgIpc) is 3.81. The Kier molecular flexibility index (Phi) is 7.26. The van der Waals surface area contributed by atoms with Crippen molar-refractivity contribution in [3.05, 3.63) is 241 Å². The molecule has 0 aliphatic heterocycles. The number of nitrogens with zero attached hydrogens (tertiary/aromatic N) is 2. The lowest BCUT2D eigenvalue weighted by Gasteiger charge is -2.32. The van der Waals surface area contributed by atoms with Gasteiger partial charge in [-0.15, -0.1) is 0 Å². The van der Waals surface area contributed by atoms with E-state index in [0.29, 0.717) is 5.82 Å². The van der Waals surface area contributed by atoms with Crippen molar-refractivity contribution in [2.75, 3.05) is 0 Å². The minimum Gasteiger partial charge on any atom is -0.228 e. The highest BCUT2D eigenvalue weighted by Gasteiger charge is 2.52. The van der Waals surface area contributed by atoms with Crippen molar-refractivity contribution in [1.29, 1.82) is 0 Å². The van der Waals surface area contributed by atoms with E-state index in [1.807, 2.05) is 0 Å². The van der Waals surface area contributed by atoms with Crippen molar-refractivity contribution in [2.45, 2.75) is 5.41 Å². The Balaban J connectivity index is 1.07. The highest BCUT2D eigenvalue weighted by molar-refractivity contribution is 6.20. The third-order valence-corrected chi connectivity index (χ3v) is 13.3. The fraction of sp³-hybridized carbons (Fsp3) is 0.0169. The number of aromatic nitrogens is 2. The Morgan fingerprint density at radius 2 is 0.836 bits per heavy atom. The van der Waals surface area contributed by atoms with E-state index in [1.165, 1.54) is 82.4 Å². The first-order chi connectivity index (χ1) is 30.3. The molecule has 0 amide bonds. The SMILES string of the molecule is c1ccc(-c2nc(-c3cccc(-c4c5ccccc5cc5c4ccc4ccccc45)c3)cc(-c3cccc4c3C3(c5ccccc5-c5ccccc53)c3ccccc3-4)n2)cc1. The number of hydrogen-bond acceptors (Lipinski definition) is 2. The van der Waals surface area contributed by atoms with E-state index in [0.717, 1.165) is 33.6 Å². The molecular weight excluding hydrogens is 737 g/mol. The van der Waals surface area contributed by atoms with Crippen molar-refractivity contribution < 1.29 is 0 Å². The molecule has 1 aromatic heterocycles. The number of benzene rings is 10. The molecule has 0 bridgehead atoms. The predicted molar refractivity (Wildman–Crippen MR) is 253 cm³/mol. The van der Waals surface area contributed by atoms with Gasteiger partial charge >= 0.3 is 0 Å². The van der Waals surface area contributed by atoms with E-state index in [-0.39, 0.29) is 0 Å². The van der Waals surface area contributed by atoms with Crippen LogP contribution in [0.1, 0.15) is 22.3 Å². The maximum atomic E-state index is 5.49. The lowest BCUT2D eigenvalue weighted by molar-refractivity contribution is 0.795. The number of fused-ring (bicyclic) bond motifs is 14. The highest BCUT2D eigenvalue weighted by atomic mass is 14.9. The van der Waals surface area contributed by atoms with Crippen LogP contribution in [0, 0.1) is 0 Å². The van der Waals surface area contributed by atoms with Crippen molar-refractivity contribution >= 4 is 32.3 Å². The minimum absolute atomic E-state index is 0.507. The largest absolute Gasteiger partial charge is 0.228 e. The summed E-state index contributed by atoms with van der Waals surface area (Å²) in [4.78, 5) is 10.9. The third kappa shape index (κ3) is 4.85. The van der Waals surface area contributed by atoms with E-state index >= 15 is 0 Å². The van der Waals surface area contributed by atoms with Gasteiger partial charge in [-0.3, -0.25) is 0 Å². The Morgan fingerprint density at radius 3 is 1.59 bits per heavy atom. The summed E-state index contributed by atoms with van der Waals surface area (Å²) in [5.41, 5.74) is 17.1. The lowest BCUT2D eigenvalue weighted by Crippen LogP contribution is -2.26. The molecule has 2 nitrogen and oxygen atoms in total. The zero-order valence-electron chi connectivity index (χ0n) is 33.2. The monoisotopic (exact) mass is 772 g/mol. The van der Waals surface area contributed by atoms with Gasteiger partial charge in [0.25, 0.3) is 0 Å². The molecule has 282 valence electrons. The van der Waals surface area contributed by atoms with Gasteiger partial charge in [-0.05, 0) is 106 Å². The minimum atomic E-state index is -0.507. The summed E-state index contributed by atoms with van der Waals surface area (Å²) in [7, 11) is 0. The molecule has 1 heterocycles. The Labute approximate surface area is 354 Å². The summed E-state index contributed by atoms with van der Waals surface area (Å²) in [6.07, 6.45) is 0. The van der Waals surface area contributed by atoms with Crippen LogP contribution in [-0.2, 0) is 5.41 Å². The van der Waals surface area contributed by atoms with Crippen LogP contribution in [0.15, 0.2) is 218 Å². The molecule has 0 atom stereocenters.